The largest absolute Gasteiger partial charge is 0.485 e. The molecule has 28 heavy (non-hydrogen) atoms. The van der Waals surface area contributed by atoms with E-state index in [1.165, 1.54) is 4.90 Å². The summed E-state index contributed by atoms with van der Waals surface area (Å²) in [6, 6.07) is 9.88. The molecule has 2 aliphatic rings. The van der Waals surface area contributed by atoms with E-state index in [2.05, 4.69) is 5.32 Å². The number of carbonyl (C=O) groups excluding carboxylic acids is 3. The number of anilines is 2. The van der Waals surface area contributed by atoms with Gasteiger partial charge in [-0.2, -0.15) is 0 Å². The summed E-state index contributed by atoms with van der Waals surface area (Å²) in [4.78, 5) is 37.5. The Labute approximate surface area is 161 Å². The normalized spacial score (nSPS) is 17.6. The molecule has 0 saturated carbocycles. The Bertz CT molecular complexity index is 987. The van der Waals surface area contributed by atoms with Crippen LogP contribution in [-0.2, 0) is 9.59 Å². The molecular weight excluding hydrogens is 364 g/mol. The zero-order valence-electron chi connectivity index (χ0n) is 15.4. The van der Waals surface area contributed by atoms with Crippen LogP contribution < -0.4 is 24.4 Å². The molecule has 0 spiro atoms. The third-order valence-electron chi connectivity index (χ3n) is 4.58. The van der Waals surface area contributed by atoms with Crippen LogP contribution in [0.4, 0.5) is 11.4 Å². The molecule has 4 rings (SSSR count). The maximum Gasteiger partial charge on any atom is 0.267 e. The molecule has 8 heteroatoms. The highest BCUT2D eigenvalue weighted by Gasteiger charge is 2.29. The molecule has 144 valence electrons. The molecule has 1 N–H and O–H groups in total. The van der Waals surface area contributed by atoms with Crippen LogP contribution in [-0.4, -0.2) is 44.0 Å². The van der Waals surface area contributed by atoms with Crippen LogP contribution in [0.2, 0.25) is 0 Å². The van der Waals surface area contributed by atoms with Gasteiger partial charge in [0.05, 0.1) is 11.4 Å². The number of fused-ring (bicyclic) bond motifs is 2. The summed E-state index contributed by atoms with van der Waals surface area (Å²) >= 11 is 0. The molecule has 2 aromatic carbocycles. The van der Waals surface area contributed by atoms with Crippen LogP contribution in [0.15, 0.2) is 36.4 Å². The average molecular weight is 382 g/mol. The van der Waals surface area contributed by atoms with Crippen LogP contribution >= 0.6 is 0 Å². The molecule has 8 nitrogen and oxygen atoms in total. The van der Waals surface area contributed by atoms with Crippen molar-refractivity contribution in [1.82, 2.24) is 0 Å². The molecule has 2 heterocycles. The Kier molecular flexibility index (Phi) is 4.38. The number of amides is 2. The number of rotatable bonds is 4. The monoisotopic (exact) mass is 382 g/mol. The summed E-state index contributed by atoms with van der Waals surface area (Å²) in [7, 11) is 1.65. The van der Waals surface area contributed by atoms with Crippen molar-refractivity contribution in [3.8, 4) is 17.2 Å². The van der Waals surface area contributed by atoms with Gasteiger partial charge in [-0.05, 0) is 37.3 Å². The van der Waals surface area contributed by atoms with Crippen molar-refractivity contribution in [2.45, 2.75) is 13.0 Å². The van der Waals surface area contributed by atoms with E-state index in [4.69, 9.17) is 14.2 Å². The van der Waals surface area contributed by atoms with Crippen molar-refractivity contribution in [3.05, 3.63) is 42.0 Å². The first-order valence-corrected chi connectivity index (χ1v) is 8.73. The number of Topliss-reactive ketones (excluding diaryl/α,β-unsaturated/α-hetero) is 1. The second-order valence-corrected chi connectivity index (χ2v) is 6.55. The fraction of sp³-hybridized carbons (Fsp3) is 0.250. The average Bonchev–Trinajstić information content (AvgIpc) is 2.69. The van der Waals surface area contributed by atoms with E-state index >= 15 is 0 Å². The first kappa shape index (κ1) is 17.8. The number of ether oxygens (including phenoxy) is 3. The number of likely N-dealkylation sites (N-methyl/N-ethyl adjacent to an activating group) is 1. The number of nitrogens with zero attached hydrogens (tertiary/aromatic N) is 1. The van der Waals surface area contributed by atoms with E-state index in [0.717, 1.165) is 0 Å². The van der Waals surface area contributed by atoms with Crippen molar-refractivity contribution in [2.75, 3.05) is 30.5 Å². The molecule has 1 atom stereocenters. The quantitative estimate of drug-likeness (QED) is 0.813. The number of hydrogen-bond donors (Lipinski definition) is 1. The van der Waals surface area contributed by atoms with Gasteiger partial charge in [0.25, 0.3) is 11.8 Å². The third-order valence-corrected chi connectivity index (χ3v) is 4.58. The summed E-state index contributed by atoms with van der Waals surface area (Å²) in [6.45, 7) is 1.46. The molecule has 0 aromatic heterocycles. The predicted molar refractivity (Wildman–Crippen MR) is 100 cm³/mol. The van der Waals surface area contributed by atoms with E-state index in [1.807, 2.05) is 0 Å². The smallest absolute Gasteiger partial charge is 0.267 e. The number of carbonyl (C=O) groups is 3. The van der Waals surface area contributed by atoms with Gasteiger partial charge in [-0.25, -0.2) is 0 Å². The second kappa shape index (κ2) is 6.88. The maximum atomic E-state index is 12.5. The fourth-order valence-corrected chi connectivity index (χ4v) is 3.07. The first-order valence-electron chi connectivity index (χ1n) is 8.73. The zero-order valence-corrected chi connectivity index (χ0v) is 15.4. The number of benzene rings is 2. The van der Waals surface area contributed by atoms with Crippen molar-refractivity contribution in [2.24, 2.45) is 0 Å². The van der Waals surface area contributed by atoms with Gasteiger partial charge in [-0.15, -0.1) is 0 Å². The topological polar surface area (TPSA) is 94.2 Å². The molecule has 0 bridgehead atoms. The summed E-state index contributed by atoms with van der Waals surface area (Å²) in [5, 5.41) is 2.69. The minimum absolute atomic E-state index is 0.0243. The van der Waals surface area contributed by atoms with E-state index in [1.54, 1.807) is 50.4 Å². The highest BCUT2D eigenvalue weighted by Crippen LogP contribution is 2.34. The summed E-state index contributed by atoms with van der Waals surface area (Å²) in [6.07, 6.45) is -0.559. The molecular formula is C20H18N2O6. The van der Waals surface area contributed by atoms with Gasteiger partial charge in [0, 0.05) is 18.7 Å². The molecule has 2 amide bonds. The lowest BCUT2D eigenvalue weighted by molar-refractivity contribution is -0.125. The Morgan fingerprint density at radius 1 is 1.21 bits per heavy atom. The van der Waals surface area contributed by atoms with E-state index < -0.39 is 6.10 Å². The summed E-state index contributed by atoms with van der Waals surface area (Å²) < 4.78 is 16.4. The van der Waals surface area contributed by atoms with Gasteiger partial charge in [-0.1, -0.05) is 0 Å². The fourth-order valence-electron chi connectivity index (χ4n) is 3.07. The van der Waals surface area contributed by atoms with Crippen molar-refractivity contribution < 1.29 is 28.6 Å². The van der Waals surface area contributed by atoms with Crippen LogP contribution in [0.5, 0.6) is 17.2 Å². The molecule has 0 fully saturated rings. The Morgan fingerprint density at radius 2 is 2.00 bits per heavy atom. The van der Waals surface area contributed by atoms with Crippen molar-refractivity contribution in [3.63, 3.8) is 0 Å². The number of nitrogens with one attached hydrogen (secondary N) is 1. The van der Waals surface area contributed by atoms with Gasteiger partial charge >= 0.3 is 0 Å². The lowest BCUT2D eigenvalue weighted by atomic mass is 10.1. The summed E-state index contributed by atoms with van der Waals surface area (Å²) in [5.41, 5.74) is 1.45. The number of ketones is 1. The van der Waals surface area contributed by atoms with Crippen LogP contribution in [0.1, 0.15) is 17.3 Å². The van der Waals surface area contributed by atoms with Crippen LogP contribution in [0.25, 0.3) is 0 Å². The molecule has 0 saturated heterocycles. The third kappa shape index (κ3) is 3.24. The van der Waals surface area contributed by atoms with Crippen LogP contribution in [0, 0.1) is 0 Å². The Balaban J connectivity index is 1.47. The SMILES string of the molecule is CC1Oc2ccc(C(=O)COc3ccc4c(c3)NC(=O)CO4)cc2N(C)C1=O. The van der Waals surface area contributed by atoms with Gasteiger partial charge < -0.3 is 24.4 Å². The lowest BCUT2D eigenvalue weighted by Gasteiger charge is -2.30. The zero-order chi connectivity index (χ0) is 19.8. The Morgan fingerprint density at radius 3 is 2.82 bits per heavy atom. The van der Waals surface area contributed by atoms with Gasteiger partial charge in [0.1, 0.15) is 17.2 Å². The summed E-state index contributed by atoms with van der Waals surface area (Å²) in [5.74, 6) is 0.865. The standard InChI is InChI=1S/C20H18N2O6/c1-11-20(25)22(2)15-7-12(3-5-18(15)28-11)16(23)9-26-13-4-6-17-14(8-13)21-19(24)10-27-17/h3-8,11H,9-10H2,1-2H3,(H,21,24). The highest BCUT2D eigenvalue weighted by atomic mass is 16.5. The first-order chi connectivity index (χ1) is 13.4. The van der Waals surface area contributed by atoms with Gasteiger partial charge in [-0.3, -0.25) is 14.4 Å². The number of hydrogen-bond acceptors (Lipinski definition) is 6. The van der Waals surface area contributed by atoms with E-state index in [9.17, 15) is 14.4 Å². The van der Waals surface area contributed by atoms with Crippen molar-refractivity contribution in [1.29, 1.82) is 0 Å². The minimum Gasteiger partial charge on any atom is -0.485 e. The lowest BCUT2D eigenvalue weighted by Crippen LogP contribution is -2.42. The minimum atomic E-state index is -0.559. The van der Waals surface area contributed by atoms with Crippen LogP contribution in [0.3, 0.4) is 0 Å². The van der Waals surface area contributed by atoms with E-state index in [0.29, 0.717) is 34.2 Å². The predicted octanol–water partition coefficient (Wildman–Crippen LogP) is 2.02. The highest BCUT2D eigenvalue weighted by molar-refractivity contribution is 6.03. The Hall–Kier alpha value is -3.55. The van der Waals surface area contributed by atoms with Gasteiger partial charge in [0.15, 0.2) is 25.1 Å². The van der Waals surface area contributed by atoms with Crippen molar-refractivity contribution >= 4 is 29.0 Å². The second-order valence-electron chi connectivity index (χ2n) is 6.55. The molecule has 2 aliphatic heterocycles. The molecule has 2 aromatic rings. The molecule has 0 radical (unpaired) electrons. The maximum absolute atomic E-state index is 12.5. The van der Waals surface area contributed by atoms with Gasteiger partial charge in [0.2, 0.25) is 0 Å². The molecule has 0 aliphatic carbocycles. The van der Waals surface area contributed by atoms with E-state index in [-0.39, 0.29) is 30.8 Å². The molecule has 1 unspecified atom stereocenters.